The molecule has 2 N–H and O–H groups in total. The van der Waals surface area contributed by atoms with Crippen LogP contribution in [0.3, 0.4) is 0 Å². The van der Waals surface area contributed by atoms with Gasteiger partial charge in [0.05, 0.1) is 17.2 Å². The van der Waals surface area contributed by atoms with E-state index in [1.807, 2.05) is 0 Å². The molecular weight excluding hydrogens is 647 g/mol. The van der Waals surface area contributed by atoms with Crippen LogP contribution in [0.5, 0.6) is 17.2 Å². The summed E-state index contributed by atoms with van der Waals surface area (Å²) in [4.78, 5) is 53.4. The van der Waals surface area contributed by atoms with Crippen LogP contribution in [0, 0.1) is 34.0 Å². The molecule has 0 radical (unpaired) electrons. The molecular formula is C38H39FN2O9. The molecule has 3 fully saturated rings. The minimum Gasteiger partial charge on any atom is -0.507 e. The summed E-state index contributed by atoms with van der Waals surface area (Å²) < 4.78 is 34.8. The summed E-state index contributed by atoms with van der Waals surface area (Å²) in [6, 6.07) is 11.9. The maximum atomic E-state index is 17.6. The number of benzene rings is 2. The number of amides is 1. The SMILES string of the molecule is CN(C)C(=O)c1ccc(Oc2ccc(C(=O)O[C@@]3(C(=O)OCC#N)CC[C@H]4[C@@H]5CCC6=CC(=O)C=C[C@]6(C)C5(F)[C@@H](O)C[C@@]43C)cc2)cc1O. The number of aliphatic hydroxyl groups excluding tert-OH is 1. The number of nitrogens with zero attached hydrogens (tertiary/aromatic N) is 2. The number of allylic oxidation sites excluding steroid dienone is 4. The number of halogens is 1. The van der Waals surface area contributed by atoms with Gasteiger partial charge in [-0.25, -0.2) is 14.0 Å². The van der Waals surface area contributed by atoms with Gasteiger partial charge in [-0.3, -0.25) is 9.59 Å². The third-order valence-corrected chi connectivity index (χ3v) is 11.6. The van der Waals surface area contributed by atoms with E-state index < -0.39 is 58.6 Å². The van der Waals surface area contributed by atoms with Gasteiger partial charge in [-0.15, -0.1) is 0 Å². The van der Waals surface area contributed by atoms with Gasteiger partial charge in [-0.1, -0.05) is 18.6 Å². The zero-order chi connectivity index (χ0) is 36.2. The molecule has 3 saturated carbocycles. The maximum Gasteiger partial charge on any atom is 0.352 e. The Morgan fingerprint density at radius 2 is 1.76 bits per heavy atom. The van der Waals surface area contributed by atoms with Crippen LogP contribution in [0.1, 0.15) is 66.7 Å². The van der Waals surface area contributed by atoms with Crippen LogP contribution in [-0.2, 0) is 19.1 Å². The van der Waals surface area contributed by atoms with Gasteiger partial charge >= 0.3 is 11.9 Å². The molecule has 0 heterocycles. The highest BCUT2D eigenvalue weighted by Gasteiger charge is 2.76. The lowest BCUT2D eigenvalue weighted by Crippen LogP contribution is -2.69. The zero-order valence-electron chi connectivity index (χ0n) is 28.3. The predicted molar refractivity (Wildman–Crippen MR) is 176 cm³/mol. The average molecular weight is 687 g/mol. The Morgan fingerprint density at radius 1 is 1.06 bits per heavy atom. The molecule has 0 spiro atoms. The molecule has 4 aliphatic rings. The average Bonchev–Trinajstić information content (AvgIpc) is 3.36. The van der Waals surface area contributed by atoms with Crippen LogP contribution < -0.4 is 4.74 Å². The van der Waals surface area contributed by atoms with E-state index in [1.165, 1.54) is 59.5 Å². The molecule has 2 aromatic carbocycles. The Bertz CT molecular complexity index is 1870. The summed E-state index contributed by atoms with van der Waals surface area (Å²) in [7, 11) is 3.13. The van der Waals surface area contributed by atoms with Crippen molar-refractivity contribution < 1.29 is 48.0 Å². The lowest BCUT2D eigenvalue weighted by Gasteiger charge is -2.62. The van der Waals surface area contributed by atoms with Crippen molar-refractivity contribution in [2.75, 3.05) is 20.7 Å². The lowest BCUT2D eigenvalue weighted by molar-refractivity contribution is -0.224. The smallest absolute Gasteiger partial charge is 0.352 e. The number of ether oxygens (including phenoxy) is 3. The van der Waals surface area contributed by atoms with E-state index in [1.54, 1.807) is 40.1 Å². The number of ketones is 1. The van der Waals surface area contributed by atoms with Gasteiger partial charge in [0.15, 0.2) is 18.1 Å². The Labute approximate surface area is 288 Å². The monoisotopic (exact) mass is 686 g/mol. The van der Waals surface area contributed by atoms with Crippen molar-refractivity contribution in [2.45, 2.75) is 63.3 Å². The summed E-state index contributed by atoms with van der Waals surface area (Å²) in [5.74, 6) is -3.36. The standard InChI is InChI=1S/C38H39FN2O9/c1-35-15-13-24(42)19-23(35)7-12-29-28-14-16-37(34(47)48-18-17-40,36(28,2)21-31(44)38(29,35)39)50-33(46)22-5-8-25(9-6-22)49-26-10-11-27(30(43)20-26)32(45)41(3)4/h5-6,8-11,13,15,19-20,28-29,31,43-44H,7,12,14,16,18,21H2,1-4H3/t28-,29-,31-,35-,36-,37+,38?/m0/s1. The molecule has 1 unspecified atom stereocenters. The number of phenolic OH excluding ortho intramolecular Hbond substituents is 1. The van der Waals surface area contributed by atoms with E-state index in [2.05, 4.69) is 0 Å². The summed E-state index contributed by atoms with van der Waals surface area (Å²) in [5, 5.41) is 31.2. The van der Waals surface area contributed by atoms with Crippen LogP contribution in [-0.4, -0.2) is 76.8 Å². The number of carbonyl (C=O) groups is 4. The van der Waals surface area contributed by atoms with Gasteiger partial charge in [0, 0.05) is 36.9 Å². The van der Waals surface area contributed by atoms with E-state index in [4.69, 9.17) is 14.2 Å². The van der Waals surface area contributed by atoms with Gasteiger partial charge in [0.2, 0.25) is 5.60 Å². The Morgan fingerprint density at radius 3 is 2.42 bits per heavy atom. The molecule has 0 aromatic heterocycles. The van der Waals surface area contributed by atoms with Gasteiger partial charge in [0.1, 0.15) is 23.3 Å². The van der Waals surface area contributed by atoms with Crippen LogP contribution in [0.4, 0.5) is 4.39 Å². The largest absolute Gasteiger partial charge is 0.507 e. The number of phenols is 1. The molecule has 0 saturated heterocycles. The topological polar surface area (TPSA) is 163 Å². The zero-order valence-corrected chi connectivity index (χ0v) is 28.3. The third kappa shape index (κ3) is 5.18. The quantitative estimate of drug-likeness (QED) is 0.369. The minimum absolute atomic E-state index is 0.00574. The first kappa shape index (κ1) is 34.8. The number of esters is 2. The highest BCUT2D eigenvalue weighted by atomic mass is 19.1. The van der Waals surface area contributed by atoms with Crippen molar-refractivity contribution in [1.29, 1.82) is 5.26 Å². The Balaban J connectivity index is 1.27. The number of rotatable bonds is 7. The first-order valence-electron chi connectivity index (χ1n) is 16.5. The molecule has 262 valence electrons. The fourth-order valence-electron chi connectivity index (χ4n) is 8.97. The lowest BCUT2D eigenvalue weighted by atomic mass is 9.45. The second kappa shape index (κ2) is 12.4. The maximum absolute atomic E-state index is 17.6. The minimum atomic E-state index is -2.15. The summed E-state index contributed by atoms with van der Waals surface area (Å²) in [6.07, 6.45) is 3.55. The molecule has 4 aliphatic carbocycles. The summed E-state index contributed by atoms with van der Waals surface area (Å²) >= 11 is 0. The first-order chi connectivity index (χ1) is 23.6. The number of hydrogen-bond donors (Lipinski definition) is 2. The number of nitriles is 1. The van der Waals surface area contributed by atoms with Gasteiger partial charge in [-0.05, 0) is 93.5 Å². The summed E-state index contributed by atoms with van der Waals surface area (Å²) in [5.41, 5.74) is -5.77. The van der Waals surface area contributed by atoms with Crippen LogP contribution in [0.25, 0.3) is 0 Å². The molecule has 0 aliphatic heterocycles. The fraction of sp³-hybridized carbons (Fsp3) is 0.447. The molecule has 0 bridgehead atoms. The number of hydrogen-bond acceptors (Lipinski definition) is 10. The molecule has 12 heteroatoms. The van der Waals surface area contributed by atoms with E-state index in [-0.39, 0.29) is 47.2 Å². The summed E-state index contributed by atoms with van der Waals surface area (Å²) in [6.45, 7) is 2.82. The van der Waals surface area contributed by atoms with Crippen molar-refractivity contribution in [2.24, 2.45) is 22.7 Å². The third-order valence-electron chi connectivity index (χ3n) is 11.6. The predicted octanol–water partition coefficient (Wildman–Crippen LogP) is 5.22. The number of fused-ring (bicyclic) bond motifs is 5. The molecule has 7 atom stereocenters. The molecule has 6 rings (SSSR count). The van der Waals surface area contributed by atoms with Crippen molar-refractivity contribution in [3.63, 3.8) is 0 Å². The van der Waals surface area contributed by atoms with E-state index in [0.717, 1.165) is 0 Å². The van der Waals surface area contributed by atoms with E-state index >= 15 is 4.39 Å². The number of aliphatic hydroxyl groups is 1. The van der Waals surface area contributed by atoms with Crippen molar-refractivity contribution >= 4 is 23.6 Å². The fourth-order valence-corrected chi connectivity index (χ4v) is 8.97. The molecule has 11 nitrogen and oxygen atoms in total. The second-order valence-electron chi connectivity index (χ2n) is 14.3. The second-order valence-corrected chi connectivity index (χ2v) is 14.3. The van der Waals surface area contributed by atoms with Crippen LogP contribution in [0.15, 0.2) is 66.3 Å². The number of alkyl halides is 1. The van der Waals surface area contributed by atoms with Crippen LogP contribution >= 0.6 is 0 Å². The van der Waals surface area contributed by atoms with E-state index in [0.29, 0.717) is 30.6 Å². The Kier molecular flexibility index (Phi) is 8.63. The van der Waals surface area contributed by atoms with Gasteiger partial charge < -0.3 is 29.3 Å². The molecule has 50 heavy (non-hydrogen) atoms. The number of aromatic hydroxyl groups is 1. The molecule has 1 amide bonds. The Hall–Kier alpha value is -5.02. The highest BCUT2D eigenvalue weighted by molar-refractivity contribution is 6.01. The van der Waals surface area contributed by atoms with Crippen molar-refractivity contribution in [3.8, 4) is 23.3 Å². The number of carbonyl (C=O) groups excluding carboxylic acids is 4. The highest BCUT2D eigenvalue weighted by Crippen LogP contribution is 2.70. The molecule has 2 aromatic rings. The van der Waals surface area contributed by atoms with Gasteiger partial charge in [0.25, 0.3) is 5.91 Å². The van der Waals surface area contributed by atoms with E-state index in [9.17, 15) is 34.7 Å². The first-order valence-corrected chi connectivity index (χ1v) is 16.5. The normalized spacial score (nSPS) is 32.4. The van der Waals surface area contributed by atoms with Crippen LogP contribution in [0.2, 0.25) is 0 Å². The van der Waals surface area contributed by atoms with Crippen molar-refractivity contribution in [3.05, 3.63) is 77.4 Å². The van der Waals surface area contributed by atoms with Gasteiger partial charge in [-0.2, -0.15) is 5.26 Å². The van der Waals surface area contributed by atoms with Crippen molar-refractivity contribution in [1.82, 2.24) is 4.90 Å².